The fourth-order valence-corrected chi connectivity index (χ4v) is 12.0. The van der Waals surface area contributed by atoms with Gasteiger partial charge in [-0.05, 0) is 86.8 Å². The topological polar surface area (TPSA) is 22.0 Å². The minimum Gasteiger partial charge on any atom is -0.309 e. The molecule has 2 nitrogen and oxygen atoms in total. The Hall–Kier alpha value is -6.99. The maximum absolute atomic E-state index is 16.2. The third-order valence-electron chi connectivity index (χ3n) is 11.5. The second-order valence-electron chi connectivity index (χ2n) is 14.8. The van der Waals surface area contributed by atoms with E-state index in [0.29, 0.717) is 0 Å². The van der Waals surface area contributed by atoms with Gasteiger partial charge in [0.15, 0.2) is 7.14 Å². The first kappa shape index (κ1) is 35.4. The van der Waals surface area contributed by atoms with Gasteiger partial charge in [0.2, 0.25) is 0 Å². The first-order valence-electron chi connectivity index (χ1n) is 19.8. The average molecular weight is 762 g/mol. The lowest BCUT2D eigenvalue weighted by atomic mass is 9.95. The van der Waals surface area contributed by atoms with Crippen LogP contribution in [0.25, 0.3) is 84.4 Å². The first-order valence-corrected chi connectivity index (χ1v) is 21.5. The van der Waals surface area contributed by atoms with Crippen LogP contribution in [0.15, 0.2) is 207 Å². The molecule has 0 bridgehead atoms. The van der Waals surface area contributed by atoms with E-state index >= 15 is 4.57 Å². The number of hydrogen-bond acceptors (Lipinski definition) is 1. The molecule has 0 aliphatic carbocycles. The minimum atomic E-state index is -3.32. The predicted octanol–water partition coefficient (Wildman–Crippen LogP) is 13.6. The van der Waals surface area contributed by atoms with Crippen LogP contribution in [0.5, 0.6) is 0 Å². The van der Waals surface area contributed by atoms with Crippen LogP contribution in [-0.2, 0) is 4.57 Å². The van der Waals surface area contributed by atoms with Crippen molar-refractivity contribution in [1.29, 1.82) is 0 Å². The lowest BCUT2D eigenvalue weighted by molar-refractivity contribution is 0.593. The van der Waals surface area contributed by atoms with Crippen molar-refractivity contribution in [3.05, 3.63) is 218 Å². The van der Waals surface area contributed by atoms with Crippen molar-refractivity contribution in [1.82, 2.24) is 4.57 Å². The van der Waals surface area contributed by atoms with Crippen molar-refractivity contribution < 1.29 is 4.57 Å². The summed E-state index contributed by atoms with van der Waals surface area (Å²) in [4.78, 5) is 0. The molecule has 0 spiro atoms. The standard InChI is InChI=1S/C55H40NOP/c1-3-16-52-48(4-2)50-33-34-51-49-23-14-15-24-53(49)58(57,47-21-12-7-13-22-47)55(51)54(50)56(52)46-36-44(42-29-25-40(26-30-42)38-17-8-5-9-18-38)35-45(37-46)43-31-27-41(28-32-43)39-19-10-6-11-20-39/h3-37H,2H2,1H3/b16-3-. The van der Waals surface area contributed by atoms with Crippen LogP contribution in [-0.4, -0.2) is 4.57 Å². The summed E-state index contributed by atoms with van der Waals surface area (Å²) in [6.45, 7) is 6.39. The highest BCUT2D eigenvalue weighted by molar-refractivity contribution is 7.86. The second kappa shape index (κ2) is 14.5. The number of aromatic nitrogens is 1. The summed E-state index contributed by atoms with van der Waals surface area (Å²) in [6, 6.07) is 68.2. The van der Waals surface area contributed by atoms with E-state index in [0.717, 1.165) is 77.1 Å². The van der Waals surface area contributed by atoms with E-state index < -0.39 is 7.14 Å². The highest BCUT2D eigenvalue weighted by atomic mass is 31.2. The Kier molecular flexibility index (Phi) is 8.86. The molecule has 1 aliphatic rings. The lowest BCUT2D eigenvalue weighted by Gasteiger charge is -2.20. The number of fused-ring (bicyclic) bond motifs is 5. The number of hydrogen-bond donors (Lipinski definition) is 0. The third kappa shape index (κ3) is 5.76. The predicted molar refractivity (Wildman–Crippen MR) is 248 cm³/mol. The lowest BCUT2D eigenvalue weighted by Crippen LogP contribution is -2.22. The number of benzene rings is 8. The molecule has 9 aromatic rings. The van der Waals surface area contributed by atoms with Gasteiger partial charge < -0.3 is 9.13 Å². The Morgan fingerprint density at radius 1 is 0.500 bits per heavy atom. The molecule has 1 atom stereocenters. The van der Waals surface area contributed by atoms with E-state index in [1.807, 2.05) is 42.5 Å². The summed E-state index contributed by atoms with van der Waals surface area (Å²) in [6.07, 6.45) is 6.19. The SMILES string of the molecule is C=Cc1c(/C=C\C)n(-c2cc(-c3ccc(-c4ccccc4)cc3)cc(-c3ccc(-c4ccccc4)cc3)c2)c2c3c(ccc12)-c1ccccc1P3(=O)c1ccccc1. The van der Waals surface area contributed by atoms with Crippen LogP contribution in [0.3, 0.4) is 0 Å². The Balaban J connectivity index is 1.26. The van der Waals surface area contributed by atoms with Crippen LogP contribution in [0.2, 0.25) is 0 Å². The molecule has 0 saturated carbocycles. The molecule has 3 heteroatoms. The van der Waals surface area contributed by atoms with Gasteiger partial charge in [0.25, 0.3) is 0 Å². The van der Waals surface area contributed by atoms with Crippen molar-refractivity contribution in [3.63, 3.8) is 0 Å². The van der Waals surface area contributed by atoms with Crippen LogP contribution < -0.4 is 15.9 Å². The largest absolute Gasteiger partial charge is 0.309 e. The highest BCUT2D eigenvalue weighted by Crippen LogP contribution is 2.55. The summed E-state index contributed by atoms with van der Waals surface area (Å²) in [5, 5.41) is 3.62. The maximum atomic E-state index is 16.2. The quantitative estimate of drug-likeness (QED) is 0.141. The Morgan fingerprint density at radius 2 is 0.983 bits per heavy atom. The molecule has 0 fully saturated rings. The number of nitrogens with zero attached hydrogens (tertiary/aromatic N) is 1. The molecule has 2 heterocycles. The molecule has 0 radical (unpaired) electrons. The van der Waals surface area contributed by atoms with Gasteiger partial charge in [0.1, 0.15) is 0 Å². The molecule has 1 aliphatic heterocycles. The molecule has 0 saturated heterocycles. The molecule has 1 unspecified atom stereocenters. The zero-order chi connectivity index (χ0) is 39.2. The summed E-state index contributed by atoms with van der Waals surface area (Å²) in [5.74, 6) is 0. The van der Waals surface area contributed by atoms with Gasteiger partial charge in [-0.3, -0.25) is 0 Å². The Morgan fingerprint density at radius 3 is 1.52 bits per heavy atom. The van der Waals surface area contributed by atoms with Crippen LogP contribution in [0.4, 0.5) is 0 Å². The van der Waals surface area contributed by atoms with Gasteiger partial charge in [0, 0.05) is 27.2 Å². The van der Waals surface area contributed by atoms with E-state index in [1.165, 1.54) is 22.3 Å². The van der Waals surface area contributed by atoms with E-state index in [-0.39, 0.29) is 0 Å². The maximum Gasteiger partial charge on any atom is 0.174 e. The van der Waals surface area contributed by atoms with Gasteiger partial charge >= 0.3 is 0 Å². The van der Waals surface area contributed by atoms with Gasteiger partial charge in [0.05, 0.1) is 16.5 Å². The summed E-state index contributed by atoms with van der Waals surface area (Å²) >= 11 is 0. The number of allylic oxidation sites excluding steroid dienone is 1. The van der Waals surface area contributed by atoms with E-state index in [9.17, 15) is 0 Å². The molecule has 58 heavy (non-hydrogen) atoms. The molecule has 0 N–H and O–H groups in total. The summed E-state index contributed by atoms with van der Waals surface area (Å²) in [7, 11) is -3.32. The number of rotatable bonds is 8. The normalized spacial score (nSPS) is 14.4. The van der Waals surface area contributed by atoms with Crippen LogP contribution in [0, 0.1) is 0 Å². The first-order chi connectivity index (χ1) is 28.6. The zero-order valence-corrected chi connectivity index (χ0v) is 33.1. The molecular weight excluding hydrogens is 722 g/mol. The van der Waals surface area contributed by atoms with E-state index in [1.54, 1.807) is 0 Å². The van der Waals surface area contributed by atoms with Crippen molar-refractivity contribution in [2.45, 2.75) is 6.92 Å². The van der Waals surface area contributed by atoms with Crippen LogP contribution in [0.1, 0.15) is 18.2 Å². The molecule has 1 aromatic heterocycles. The van der Waals surface area contributed by atoms with Gasteiger partial charge in [-0.2, -0.15) is 0 Å². The summed E-state index contributed by atoms with van der Waals surface area (Å²) < 4.78 is 18.6. The smallest absolute Gasteiger partial charge is 0.174 e. The van der Waals surface area contributed by atoms with Gasteiger partial charge in [-0.1, -0.05) is 195 Å². The molecule has 0 amide bonds. The Labute approximate surface area is 340 Å². The molecular formula is C55H40NOP. The molecule has 10 rings (SSSR count). The van der Waals surface area contributed by atoms with Crippen molar-refractivity contribution in [2.24, 2.45) is 0 Å². The monoisotopic (exact) mass is 761 g/mol. The van der Waals surface area contributed by atoms with Crippen LogP contribution >= 0.6 is 7.14 Å². The fourth-order valence-electron chi connectivity index (χ4n) is 8.79. The summed E-state index contributed by atoms with van der Waals surface area (Å²) in [5.41, 5.74) is 15.1. The van der Waals surface area contributed by atoms with Gasteiger partial charge in [-0.25, -0.2) is 0 Å². The van der Waals surface area contributed by atoms with Crippen molar-refractivity contribution >= 4 is 46.1 Å². The molecule has 276 valence electrons. The van der Waals surface area contributed by atoms with E-state index in [2.05, 4.69) is 188 Å². The second-order valence-corrected chi connectivity index (χ2v) is 17.5. The van der Waals surface area contributed by atoms with Gasteiger partial charge in [-0.15, -0.1) is 0 Å². The molecule has 8 aromatic carbocycles. The zero-order valence-electron chi connectivity index (χ0n) is 32.2. The van der Waals surface area contributed by atoms with E-state index in [4.69, 9.17) is 0 Å². The highest BCUT2D eigenvalue weighted by Gasteiger charge is 2.43. The van der Waals surface area contributed by atoms with Crippen molar-refractivity contribution in [2.75, 3.05) is 0 Å². The average Bonchev–Trinajstić information content (AvgIpc) is 3.76. The Bertz CT molecular complexity index is 2970. The third-order valence-corrected chi connectivity index (χ3v) is 14.7. The van der Waals surface area contributed by atoms with Crippen molar-refractivity contribution in [3.8, 4) is 61.3 Å². The fraction of sp³-hybridized carbons (Fsp3) is 0.0182. The minimum absolute atomic E-state index is 0.834.